The van der Waals surface area contributed by atoms with Crippen LogP contribution in [0.3, 0.4) is 0 Å². The van der Waals surface area contributed by atoms with Crippen LogP contribution in [0, 0.1) is 10.1 Å². The summed E-state index contributed by atoms with van der Waals surface area (Å²) < 4.78 is 10.2. The van der Waals surface area contributed by atoms with Crippen LogP contribution in [0.1, 0.15) is 0 Å². The van der Waals surface area contributed by atoms with Crippen molar-refractivity contribution in [1.82, 2.24) is 15.3 Å². The van der Waals surface area contributed by atoms with E-state index in [-0.39, 0.29) is 23.4 Å². The Hall–Kier alpha value is -2.00. The van der Waals surface area contributed by atoms with Crippen molar-refractivity contribution in [3.63, 3.8) is 0 Å². The highest BCUT2D eigenvalue weighted by Gasteiger charge is 2.24. The normalized spacial score (nSPS) is 18.9. The molecule has 1 atom stereocenters. The molecule has 1 aliphatic rings. The molecule has 0 aliphatic carbocycles. The van der Waals surface area contributed by atoms with E-state index in [4.69, 9.17) is 9.47 Å². The second kappa shape index (κ2) is 6.25. The van der Waals surface area contributed by atoms with Crippen molar-refractivity contribution < 1.29 is 14.4 Å². The number of hydrogen-bond acceptors (Lipinski definition) is 8. The predicted molar refractivity (Wildman–Crippen MR) is 66.3 cm³/mol. The second-order valence-electron chi connectivity index (χ2n) is 3.94. The number of nitro groups is 1. The molecular weight excluding hydrogens is 254 g/mol. The fourth-order valence-corrected chi connectivity index (χ4v) is 1.78. The largest absolute Gasteiger partial charge is 0.476 e. The summed E-state index contributed by atoms with van der Waals surface area (Å²) in [6.07, 6.45) is 1.22. The summed E-state index contributed by atoms with van der Waals surface area (Å²) in [5.74, 6) is 0.0829. The van der Waals surface area contributed by atoms with Crippen LogP contribution in [-0.4, -0.2) is 54.3 Å². The Bertz CT molecular complexity index is 450. The third kappa shape index (κ3) is 3.26. The van der Waals surface area contributed by atoms with Crippen LogP contribution in [-0.2, 0) is 4.74 Å². The lowest BCUT2D eigenvalue weighted by atomic mass is 10.3. The number of nitrogens with zero attached hydrogens (tertiary/aromatic N) is 3. The first-order chi connectivity index (χ1) is 9.22. The van der Waals surface area contributed by atoms with Gasteiger partial charge in [0.15, 0.2) is 0 Å². The molecule has 1 saturated heterocycles. The Balaban J connectivity index is 2.08. The van der Waals surface area contributed by atoms with E-state index in [9.17, 15) is 10.1 Å². The average molecular weight is 269 g/mol. The first-order valence-electron chi connectivity index (χ1n) is 5.80. The first kappa shape index (κ1) is 13.4. The first-order valence-corrected chi connectivity index (χ1v) is 5.80. The average Bonchev–Trinajstić information content (AvgIpc) is 2.45. The van der Waals surface area contributed by atoms with Crippen molar-refractivity contribution >= 4 is 11.5 Å². The summed E-state index contributed by atoms with van der Waals surface area (Å²) in [6.45, 7) is 2.48. The fraction of sp³-hybridized carbons (Fsp3) is 0.600. The van der Waals surface area contributed by atoms with E-state index < -0.39 is 4.92 Å². The maximum Gasteiger partial charge on any atom is 0.372 e. The van der Waals surface area contributed by atoms with Crippen molar-refractivity contribution in [3.8, 4) is 5.88 Å². The molecule has 9 nitrogen and oxygen atoms in total. The number of methoxy groups -OCH3 is 1. The summed E-state index contributed by atoms with van der Waals surface area (Å²) in [5, 5.41) is 17.2. The molecule has 1 fully saturated rings. The van der Waals surface area contributed by atoms with E-state index >= 15 is 0 Å². The van der Waals surface area contributed by atoms with Crippen molar-refractivity contribution in [2.75, 3.05) is 38.7 Å². The maximum absolute atomic E-state index is 11.0. The van der Waals surface area contributed by atoms with Crippen LogP contribution in [0.15, 0.2) is 6.33 Å². The molecule has 0 amide bonds. The molecule has 0 aromatic carbocycles. The molecule has 1 unspecified atom stereocenters. The van der Waals surface area contributed by atoms with Gasteiger partial charge in [-0.15, -0.1) is 0 Å². The van der Waals surface area contributed by atoms with Crippen LogP contribution in [0.5, 0.6) is 5.88 Å². The van der Waals surface area contributed by atoms with Crippen LogP contribution >= 0.6 is 0 Å². The summed E-state index contributed by atoms with van der Waals surface area (Å²) in [7, 11) is 1.33. The molecule has 2 N–H and O–H groups in total. The van der Waals surface area contributed by atoms with Crippen molar-refractivity contribution in [2.24, 2.45) is 0 Å². The molecule has 2 heterocycles. The lowest BCUT2D eigenvalue weighted by Gasteiger charge is -2.24. The van der Waals surface area contributed by atoms with E-state index in [2.05, 4.69) is 20.6 Å². The zero-order valence-corrected chi connectivity index (χ0v) is 10.5. The molecule has 0 saturated carbocycles. The van der Waals surface area contributed by atoms with Gasteiger partial charge < -0.3 is 20.1 Å². The maximum atomic E-state index is 11.0. The third-order valence-corrected chi connectivity index (χ3v) is 2.68. The third-order valence-electron chi connectivity index (χ3n) is 2.68. The van der Waals surface area contributed by atoms with E-state index in [1.807, 2.05) is 0 Å². The molecule has 9 heteroatoms. The van der Waals surface area contributed by atoms with Crippen LogP contribution in [0.4, 0.5) is 11.5 Å². The van der Waals surface area contributed by atoms with Crippen molar-refractivity contribution in [3.05, 3.63) is 16.4 Å². The van der Waals surface area contributed by atoms with Crippen molar-refractivity contribution in [2.45, 2.75) is 6.04 Å². The monoisotopic (exact) mass is 269 g/mol. The Kier molecular flexibility index (Phi) is 4.42. The number of ether oxygens (including phenoxy) is 2. The molecular formula is C10H15N5O4. The fourth-order valence-electron chi connectivity index (χ4n) is 1.78. The van der Waals surface area contributed by atoms with E-state index in [0.717, 1.165) is 6.54 Å². The number of aromatic nitrogens is 2. The van der Waals surface area contributed by atoms with Gasteiger partial charge in [-0.05, 0) is 0 Å². The number of nitrogens with one attached hydrogen (secondary N) is 2. The Morgan fingerprint density at radius 2 is 2.53 bits per heavy atom. The SMILES string of the molecule is COc1ncnc(NCC2COCCN2)c1[N+](=O)[O-]. The minimum Gasteiger partial charge on any atom is -0.476 e. The summed E-state index contributed by atoms with van der Waals surface area (Å²) in [5.41, 5.74) is -0.262. The summed E-state index contributed by atoms with van der Waals surface area (Å²) in [6, 6.07) is 0.0920. The minimum absolute atomic E-state index is 0.0599. The molecule has 1 aromatic rings. The van der Waals surface area contributed by atoms with Gasteiger partial charge in [-0.25, -0.2) is 4.98 Å². The second-order valence-corrected chi connectivity index (χ2v) is 3.94. The molecule has 0 bridgehead atoms. The van der Waals surface area contributed by atoms with Gasteiger partial charge in [0.2, 0.25) is 5.82 Å². The molecule has 0 radical (unpaired) electrons. The molecule has 19 heavy (non-hydrogen) atoms. The summed E-state index contributed by atoms with van der Waals surface area (Å²) >= 11 is 0. The predicted octanol–water partition coefficient (Wildman–Crippen LogP) is -0.206. The van der Waals surface area contributed by atoms with Gasteiger partial charge in [-0.1, -0.05) is 0 Å². The quantitative estimate of drug-likeness (QED) is 0.558. The molecule has 0 spiro atoms. The van der Waals surface area contributed by atoms with Crippen LogP contribution in [0.2, 0.25) is 0 Å². The molecule has 1 aliphatic heterocycles. The molecule has 1 aromatic heterocycles. The van der Waals surface area contributed by atoms with Gasteiger partial charge in [0.25, 0.3) is 5.88 Å². The highest BCUT2D eigenvalue weighted by molar-refractivity contribution is 5.61. The zero-order chi connectivity index (χ0) is 13.7. The number of hydrogen-bond donors (Lipinski definition) is 2. The topological polar surface area (TPSA) is 111 Å². The highest BCUT2D eigenvalue weighted by Crippen LogP contribution is 2.30. The lowest BCUT2D eigenvalue weighted by Crippen LogP contribution is -2.45. The van der Waals surface area contributed by atoms with E-state index in [1.165, 1.54) is 13.4 Å². The lowest BCUT2D eigenvalue weighted by molar-refractivity contribution is -0.385. The van der Waals surface area contributed by atoms with Crippen LogP contribution < -0.4 is 15.4 Å². The van der Waals surface area contributed by atoms with Gasteiger partial charge in [0, 0.05) is 19.1 Å². The zero-order valence-electron chi connectivity index (χ0n) is 10.5. The number of morpholine rings is 1. The summed E-state index contributed by atoms with van der Waals surface area (Å²) in [4.78, 5) is 18.1. The van der Waals surface area contributed by atoms with E-state index in [1.54, 1.807) is 0 Å². The Morgan fingerprint density at radius 1 is 1.68 bits per heavy atom. The van der Waals surface area contributed by atoms with Gasteiger partial charge >= 0.3 is 5.69 Å². The van der Waals surface area contributed by atoms with Crippen LogP contribution in [0.25, 0.3) is 0 Å². The standard InChI is InChI=1S/C10H15N5O4/c1-18-10-8(15(16)17)9(13-6-14-10)12-4-7-5-19-3-2-11-7/h6-7,11H,2-5H2,1H3,(H,12,13,14). The van der Waals surface area contributed by atoms with Gasteiger partial charge in [0.1, 0.15) is 6.33 Å². The van der Waals surface area contributed by atoms with Gasteiger partial charge in [0.05, 0.1) is 25.2 Å². The van der Waals surface area contributed by atoms with Gasteiger partial charge in [-0.3, -0.25) is 10.1 Å². The Morgan fingerprint density at radius 3 is 3.16 bits per heavy atom. The minimum atomic E-state index is -0.564. The van der Waals surface area contributed by atoms with E-state index in [0.29, 0.717) is 19.8 Å². The number of anilines is 1. The molecule has 2 rings (SSSR count). The highest BCUT2D eigenvalue weighted by atomic mass is 16.6. The number of rotatable bonds is 5. The Labute approximate surface area is 109 Å². The van der Waals surface area contributed by atoms with Crippen molar-refractivity contribution in [1.29, 1.82) is 0 Å². The smallest absolute Gasteiger partial charge is 0.372 e. The van der Waals surface area contributed by atoms with Gasteiger partial charge in [-0.2, -0.15) is 4.98 Å². The molecule has 104 valence electrons.